The summed E-state index contributed by atoms with van der Waals surface area (Å²) in [4.78, 5) is 15.3. The first-order valence-electron chi connectivity index (χ1n) is 8.71. The van der Waals surface area contributed by atoms with E-state index in [0.29, 0.717) is 29.0 Å². The highest BCUT2D eigenvalue weighted by molar-refractivity contribution is 5.55. The Balaban J connectivity index is 1.50. The van der Waals surface area contributed by atoms with Gasteiger partial charge in [0.2, 0.25) is 5.95 Å². The van der Waals surface area contributed by atoms with E-state index in [-0.39, 0.29) is 5.75 Å². The highest BCUT2D eigenvalue weighted by atomic mass is 19.1. The highest BCUT2D eigenvalue weighted by Crippen LogP contribution is 2.27. The molecule has 0 aliphatic carbocycles. The molecular formula is C19H19FN6O. The Labute approximate surface area is 156 Å². The molecule has 1 aliphatic heterocycles. The van der Waals surface area contributed by atoms with Crippen LogP contribution in [0.25, 0.3) is 0 Å². The number of aromatic nitrogens is 3. The second-order valence-corrected chi connectivity index (χ2v) is 6.23. The average molecular weight is 366 g/mol. The van der Waals surface area contributed by atoms with Gasteiger partial charge in [-0.2, -0.15) is 4.98 Å². The van der Waals surface area contributed by atoms with Crippen molar-refractivity contribution in [3.63, 3.8) is 0 Å². The number of rotatable bonds is 5. The Morgan fingerprint density at radius 1 is 1.00 bits per heavy atom. The fraction of sp³-hybridized carbons (Fsp3) is 0.211. The number of pyridine rings is 1. The number of nitrogens with one attached hydrogen (secondary N) is 1. The molecule has 0 spiro atoms. The second kappa shape index (κ2) is 7.45. The zero-order valence-corrected chi connectivity index (χ0v) is 14.6. The van der Waals surface area contributed by atoms with Crippen LogP contribution in [-0.4, -0.2) is 28.0 Å². The molecule has 27 heavy (non-hydrogen) atoms. The molecule has 3 N–H and O–H groups in total. The van der Waals surface area contributed by atoms with Crippen LogP contribution in [0.3, 0.4) is 0 Å². The van der Waals surface area contributed by atoms with Crippen molar-refractivity contribution in [3.05, 3.63) is 54.6 Å². The van der Waals surface area contributed by atoms with Crippen molar-refractivity contribution in [2.75, 3.05) is 29.0 Å². The summed E-state index contributed by atoms with van der Waals surface area (Å²) in [5.41, 5.74) is 5.90. The normalized spacial score (nSPS) is 13.6. The Morgan fingerprint density at radius 2 is 1.81 bits per heavy atom. The monoisotopic (exact) mass is 366 g/mol. The molecule has 4 rings (SSSR count). The van der Waals surface area contributed by atoms with E-state index >= 15 is 0 Å². The lowest BCUT2D eigenvalue weighted by atomic mass is 10.3. The van der Waals surface area contributed by atoms with Crippen LogP contribution < -0.4 is 20.7 Å². The van der Waals surface area contributed by atoms with Crippen LogP contribution in [0.5, 0.6) is 11.5 Å². The zero-order valence-electron chi connectivity index (χ0n) is 14.6. The summed E-state index contributed by atoms with van der Waals surface area (Å²) in [6.45, 7) is 1.94. The van der Waals surface area contributed by atoms with E-state index in [9.17, 15) is 4.39 Å². The quantitative estimate of drug-likeness (QED) is 0.665. The van der Waals surface area contributed by atoms with E-state index in [2.05, 4.69) is 25.2 Å². The smallest absolute Gasteiger partial charge is 0.227 e. The first-order chi connectivity index (χ1) is 13.2. The van der Waals surface area contributed by atoms with Crippen molar-refractivity contribution in [2.24, 2.45) is 0 Å². The van der Waals surface area contributed by atoms with Crippen LogP contribution in [0, 0.1) is 5.82 Å². The van der Waals surface area contributed by atoms with E-state index in [1.807, 2.05) is 0 Å². The minimum atomic E-state index is -0.521. The number of nitrogen functional groups attached to an aromatic ring is 1. The lowest BCUT2D eigenvalue weighted by Gasteiger charge is -2.15. The average Bonchev–Trinajstić information content (AvgIpc) is 3.20. The van der Waals surface area contributed by atoms with Crippen molar-refractivity contribution in [1.29, 1.82) is 0 Å². The molecule has 1 aromatic carbocycles. The number of halogens is 1. The zero-order chi connectivity index (χ0) is 18.6. The van der Waals surface area contributed by atoms with E-state index in [1.54, 1.807) is 36.7 Å². The maximum Gasteiger partial charge on any atom is 0.227 e. The van der Waals surface area contributed by atoms with Crippen molar-refractivity contribution in [3.8, 4) is 11.5 Å². The van der Waals surface area contributed by atoms with Gasteiger partial charge in [-0.15, -0.1) is 0 Å². The van der Waals surface area contributed by atoms with Crippen LogP contribution >= 0.6 is 0 Å². The molecule has 1 aliphatic rings. The number of anilines is 4. The van der Waals surface area contributed by atoms with Gasteiger partial charge in [-0.3, -0.25) is 0 Å². The number of ether oxygens (including phenoxy) is 1. The number of nitrogens with two attached hydrogens (primary N) is 1. The molecule has 1 saturated heterocycles. The molecule has 1 fully saturated rings. The SMILES string of the molecule is Nc1ccc(Oc2ccnc(Nc3ccnc(N4CCCC4)n3)c2)c(F)c1. The molecule has 7 nitrogen and oxygen atoms in total. The largest absolute Gasteiger partial charge is 0.454 e. The van der Waals surface area contributed by atoms with Crippen LogP contribution in [-0.2, 0) is 0 Å². The summed E-state index contributed by atoms with van der Waals surface area (Å²) in [6, 6.07) is 9.39. The number of benzene rings is 1. The third-order valence-corrected chi connectivity index (χ3v) is 4.20. The maximum atomic E-state index is 13.9. The summed E-state index contributed by atoms with van der Waals surface area (Å²) in [5, 5.41) is 3.14. The molecule has 0 bridgehead atoms. The lowest BCUT2D eigenvalue weighted by molar-refractivity contribution is 0.442. The predicted molar refractivity (Wildman–Crippen MR) is 102 cm³/mol. The first-order valence-corrected chi connectivity index (χ1v) is 8.71. The minimum absolute atomic E-state index is 0.0969. The lowest BCUT2D eigenvalue weighted by Crippen LogP contribution is -2.20. The molecule has 138 valence electrons. The van der Waals surface area contributed by atoms with Gasteiger partial charge in [0.1, 0.15) is 17.4 Å². The number of hydrogen-bond donors (Lipinski definition) is 2. The molecule has 3 aromatic rings. The molecule has 2 aromatic heterocycles. The Hall–Kier alpha value is -3.42. The molecule has 0 saturated carbocycles. The van der Waals surface area contributed by atoms with E-state index in [0.717, 1.165) is 25.9 Å². The minimum Gasteiger partial charge on any atom is -0.454 e. The summed E-state index contributed by atoms with van der Waals surface area (Å²) in [7, 11) is 0. The summed E-state index contributed by atoms with van der Waals surface area (Å²) >= 11 is 0. The van der Waals surface area contributed by atoms with Crippen molar-refractivity contribution < 1.29 is 9.13 Å². The highest BCUT2D eigenvalue weighted by Gasteiger charge is 2.15. The fourth-order valence-corrected chi connectivity index (χ4v) is 2.89. The standard InChI is InChI=1S/C19H19FN6O/c20-15-11-13(21)3-4-16(15)27-14-5-7-22-18(12-14)24-17-6-8-23-19(25-17)26-9-1-2-10-26/h3-8,11-12H,1-2,9-10,21H2,(H,22,23,24,25). The Bertz CT molecular complexity index is 945. The van der Waals surface area contributed by atoms with Gasteiger partial charge in [-0.1, -0.05) is 0 Å². The molecule has 0 radical (unpaired) electrons. The summed E-state index contributed by atoms with van der Waals surface area (Å²) in [6.07, 6.45) is 5.61. The molecular weight excluding hydrogens is 347 g/mol. The van der Waals surface area contributed by atoms with E-state index in [4.69, 9.17) is 10.5 Å². The van der Waals surface area contributed by atoms with E-state index < -0.39 is 5.82 Å². The van der Waals surface area contributed by atoms with Crippen LogP contribution in [0.1, 0.15) is 12.8 Å². The molecule has 8 heteroatoms. The molecule has 3 heterocycles. The number of hydrogen-bond acceptors (Lipinski definition) is 7. The molecule has 0 amide bonds. The Morgan fingerprint density at radius 3 is 2.63 bits per heavy atom. The predicted octanol–water partition coefficient (Wildman–Crippen LogP) is 3.73. The third kappa shape index (κ3) is 4.05. The van der Waals surface area contributed by atoms with Crippen LogP contribution in [0.2, 0.25) is 0 Å². The van der Waals surface area contributed by atoms with Gasteiger partial charge in [-0.25, -0.2) is 14.4 Å². The van der Waals surface area contributed by atoms with Gasteiger partial charge in [0.15, 0.2) is 11.6 Å². The van der Waals surface area contributed by atoms with E-state index in [1.165, 1.54) is 12.1 Å². The van der Waals surface area contributed by atoms with Crippen LogP contribution in [0.15, 0.2) is 48.8 Å². The Kier molecular flexibility index (Phi) is 4.69. The van der Waals surface area contributed by atoms with Gasteiger partial charge in [0, 0.05) is 43.3 Å². The van der Waals surface area contributed by atoms with Gasteiger partial charge in [-0.05, 0) is 37.1 Å². The van der Waals surface area contributed by atoms with Gasteiger partial charge in [0.05, 0.1) is 0 Å². The summed E-state index contributed by atoms with van der Waals surface area (Å²) < 4.78 is 19.5. The van der Waals surface area contributed by atoms with Crippen molar-refractivity contribution >= 4 is 23.3 Å². The first kappa shape index (κ1) is 17.0. The summed E-state index contributed by atoms with van der Waals surface area (Å²) in [5.74, 6) is 1.90. The van der Waals surface area contributed by atoms with Gasteiger partial charge >= 0.3 is 0 Å². The molecule has 0 unspecified atom stereocenters. The van der Waals surface area contributed by atoms with Gasteiger partial charge in [0.25, 0.3) is 0 Å². The van der Waals surface area contributed by atoms with Crippen LogP contribution in [0.4, 0.5) is 27.7 Å². The molecule has 0 atom stereocenters. The topological polar surface area (TPSA) is 89.2 Å². The maximum absolute atomic E-state index is 13.9. The van der Waals surface area contributed by atoms with Crippen molar-refractivity contribution in [2.45, 2.75) is 12.8 Å². The van der Waals surface area contributed by atoms with Gasteiger partial charge < -0.3 is 20.7 Å². The van der Waals surface area contributed by atoms with Crippen molar-refractivity contribution in [1.82, 2.24) is 15.0 Å². The fourth-order valence-electron chi connectivity index (χ4n) is 2.89. The number of nitrogens with zero attached hydrogens (tertiary/aromatic N) is 4. The second-order valence-electron chi connectivity index (χ2n) is 6.23. The third-order valence-electron chi connectivity index (χ3n) is 4.20.